The highest BCUT2D eigenvalue weighted by atomic mass is 35.5. The Morgan fingerprint density at radius 1 is 1.09 bits per heavy atom. The first-order chi connectivity index (χ1) is 11.1. The summed E-state index contributed by atoms with van der Waals surface area (Å²) >= 11 is 11.0. The van der Waals surface area contributed by atoms with Crippen LogP contribution in [0.4, 0.5) is 5.69 Å². The lowest BCUT2D eigenvalue weighted by atomic mass is 10.2. The molecule has 0 spiro atoms. The summed E-state index contributed by atoms with van der Waals surface area (Å²) in [5.74, 6) is 1.00. The van der Waals surface area contributed by atoms with Gasteiger partial charge in [-0.3, -0.25) is 10.1 Å². The molecule has 23 heavy (non-hydrogen) atoms. The molecular weight excluding hydrogens is 336 g/mol. The number of hydrogen-bond acceptors (Lipinski definition) is 4. The van der Waals surface area contributed by atoms with Gasteiger partial charge in [0.2, 0.25) is 0 Å². The van der Waals surface area contributed by atoms with Gasteiger partial charge in [0.25, 0.3) is 5.91 Å². The van der Waals surface area contributed by atoms with Gasteiger partial charge in [0.05, 0.1) is 0 Å². The largest absolute Gasteiger partial charge is 0.486 e. The number of hydrogen-bond donors (Lipinski definition) is 2. The van der Waals surface area contributed by atoms with Crippen LogP contribution < -0.4 is 20.1 Å². The van der Waals surface area contributed by atoms with Crippen molar-refractivity contribution in [2.45, 2.75) is 0 Å². The summed E-state index contributed by atoms with van der Waals surface area (Å²) in [7, 11) is 0. The number of ether oxygens (including phenoxy) is 2. The molecule has 0 radical (unpaired) electrons. The van der Waals surface area contributed by atoms with Gasteiger partial charge in [-0.1, -0.05) is 17.7 Å². The minimum atomic E-state index is -0.331. The van der Waals surface area contributed by atoms with Gasteiger partial charge in [-0.2, -0.15) is 0 Å². The van der Waals surface area contributed by atoms with E-state index in [-0.39, 0.29) is 11.0 Å². The highest BCUT2D eigenvalue weighted by Crippen LogP contribution is 2.32. The smallest absolute Gasteiger partial charge is 0.257 e. The molecule has 0 atom stereocenters. The summed E-state index contributed by atoms with van der Waals surface area (Å²) in [6.45, 7) is 1.04. The number of fused-ring (bicyclic) bond motifs is 1. The van der Waals surface area contributed by atoms with E-state index in [1.54, 1.807) is 42.5 Å². The number of rotatable bonds is 2. The maximum absolute atomic E-state index is 12.1. The molecule has 0 saturated carbocycles. The van der Waals surface area contributed by atoms with Crippen molar-refractivity contribution in [2.75, 3.05) is 18.5 Å². The van der Waals surface area contributed by atoms with E-state index in [0.29, 0.717) is 41.0 Å². The normalized spacial score (nSPS) is 12.4. The number of carbonyl (C=O) groups is 1. The van der Waals surface area contributed by atoms with Crippen molar-refractivity contribution in [1.29, 1.82) is 0 Å². The van der Waals surface area contributed by atoms with Crippen LogP contribution >= 0.6 is 23.8 Å². The second-order valence-electron chi connectivity index (χ2n) is 4.78. The Kier molecular flexibility index (Phi) is 4.64. The fraction of sp³-hybridized carbons (Fsp3) is 0.125. The molecule has 1 aliphatic rings. The topological polar surface area (TPSA) is 59.6 Å². The van der Waals surface area contributed by atoms with Crippen molar-refractivity contribution in [2.24, 2.45) is 0 Å². The third-order valence-electron chi connectivity index (χ3n) is 3.11. The number of halogens is 1. The van der Waals surface area contributed by atoms with Crippen molar-refractivity contribution in [3.63, 3.8) is 0 Å². The number of carbonyl (C=O) groups excluding carboxylic acids is 1. The molecule has 1 aliphatic heterocycles. The molecule has 3 rings (SSSR count). The van der Waals surface area contributed by atoms with E-state index in [9.17, 15) is 4.79 Å². The Morgan fingerprint density at radius 3 is 2.65 bits per heavy atom. The van der Waals surface area contributed by atoms with Gasteiger partial charge in [-0.05, 0) is 42.5 Å². The first kappa shape index (κ1) is 15.6. The molecule has 7 heteroatoms. The minimum absolute atomic E-state index is 0.187. The Balaban J connectivity index is 1.64. The van der Waals surface area contributed by atoms with Gasteiger partial charge in [0.15, 0.2) is 16.6 Å². The zero-order valence-electron chi connectivity index (χ0n) is 12.0. The van der Waals surface area contributed by atoms with Crippen LogP contribution in [0, 0.1) is 0 Å². The van der Waals surface area contributed by atoms with Crippen LogP contribution in [-0.2, 0) is 0 Å². The van der Waals surface area contributed by atoms with Crippen molar-refractivity contribution >= 4 is 40.5 Å². The molecule has 0 unspecified atom stereocenters. The third-order valence-corrected chi connectivity index (χ3v) is 3.55. The Bertz CT molecular complexity index is 767. The molecule has 1 amide bonds. The van der Waals surface area contributed by atoms with Gasteiger partial charge in [0.1, 0.15) is 13.2 Å². The summed E-state index contributed by atoms with van der Waals surface area (Å²) < 4.78 is 10.9. The summed E-state index contributed by atoms with van der Waals surface area (Å²) in [6, 6.07) is 12.0. The van der Waals surface area contributed by atoms with Gasteiger partial charge in [-0.15, -0.1) is 0 Å². The van der Waals surface area contributed by atoms with Crippen LogP contribution in [0.25, 0.3) is 0 Å². The summed E-state index contributed by atoms with van der Waals surface area (Å²) in [5.41, 5.74) is 1.13. The molecule has 0 fully saturated rings. The highest BCUT2D eigenvalue weighted by Gasteiger charge is 2.13. The molecule has 118 valence electrons. The third kappa shape index (κ3) is 3.91. The number of anilines is 1. The molecule has 2 aromatic carbocycles. The minimum Gasteiger partial charge on any atom is -0.486 e. The lowest BCUT2D eigenvalue weighted by Gasteiger charge is -2.19. The predicted octanol–water partition coefficient (Wildman–Crippen LogP) is 3.24. The fourth-order valence-electron chi connectivity index (χ4n) is 2.09. The first-order valence-corrected chi connectivity index (χ1v) is 7.68. The quantitative estimate of drug-likeness (QED) is 0.816. The monoisotopic (exact) mass is 348 g/mol. The summed E-state index contributed by atoms with van der Waals surface area (Å²) in [6.07, 6.45) is 0. The van der Waals surface area contributed by atoms with E-state index in [1.807, 2.05) is 0 Å². The Labute approximate surface area is 143 Å². The molecular formula is C16H13ClN2O3S. The number of amides is 1. The summed E-state index contributed by atoms with van der Waals surface area (Å²) in [4.78, 5) is 12.1. The second kappa shape index (κ2) is 6.85. The standard InChI is InChI=1S/C16H13ClN2O3S/c17-11-3-1-2-10(8-11)15(20)19-16(23)18-12-4-5-13-14(9-12)22-7-6-21-13/h1-5,8-9H,6-7H2,(H2,18,19,20,23). The Morgan fingerprint density at radius 2 is 1.87 bits per heavy atom. The van der Waals surface area contributed by atoms with Crippen LogP contribution in [0.3, 0.4) is 0 Å². The maximum atomic E-state index is 12.1. The fourth-order valence-corrected chi connectivity index (χ4v) is 2.49. The van der Waals surface area contributed by atoms with Gasteiger partial charge in [-0.25, -0.2) is 0 Å². The van der Waals surface area contributed by atoms with Crippen LogP contribution in [0.5, 0.6) is 11.5 Å². The molecule has 1 heterocycles. The van der Waals surface area contributed by atoms with Crippen LogP contribution in [-0.4, -0.2) is 24.2 Å². The average Bonchev–Trinajstić information content (AvgIpc) is 2.54. The highest BCUT2D eigenvalue weighted by molar-refractivity contribution is 7.80. The van der Waals surface area contributed by atoms with E-state index in [4.69, 9.17) is 33.3 Å². The van der Waals surface area contributed by atoms with E-state index in [1.165, 1.54) is 0 Å². The number of benzene rings is 2. The number of thiocarbonyl (C=S) groups is 1. The summed E-state index contributed by atoms with van der Waals surface area (Å²) in [5, 5.41) is 6.22. The van der Waals surface area contributed by atoms with Gasteiger partial charge < -0.3 is 14.8 Å². The molecule has 2 N–H and O–H groups in total. The maximum Gasteiger partial charge on any atom is 0.257 e. The lowest BCUT2D eigenvalue weighted by molar-refractivity contribution is 0.0977. The molecule has 0 aromatic heterocycles. The average molecular weight is 349 g/mol. The second-order valence-corrected chi connectivity index (χ2v) is 5.62. The van der Waals surface area contributed by atoms with Crippen molar-refractivity contribution in [3.05, 3.63) is 53.1 Å². The lowest BCUT2D eigenvalue weighted by Crippen LogP contribution is -2.34. The van der Waals surface area contributed by atoms with Crippen molar-refractivity contribution < 1.29 is 14.3 Å². The van der Waals surface area contributed by atoms with Gasteiger partial charge in [0, 0.05) is 22.3 Å². The van der Waals surface area contributed by atoms with Crippen molar-refractivity contribution in [1.82, 2.24) is 5.32 Å². The molecule has 0 aliphatic carbocycles. The van der Waals surface area contributed by atoms with Crippen LogP contribution in [0.1, 0.15) is 10.4 Å². The SMILES string of the molecule is O=C(NC(=S)Nc1ccc2c(c1)OCCO2)c1cccc(Cl)c1. The zero-order valence-corrected chi connectivity index (χ0v) is 13.5. The van der Waals surface area contributed by atoms with Crippen LogP contribution in [0.2, 0.25) is 5.02 Å². The van der Waals surface area contributed by atoms with Gasteiger partial charge >= 0.3 is 0 Å². The van der Waals surface area contributed by atoms with E-state index in [0.717, 1.165) is 0 Å². The zero-order chi connectivity index (χ0) is 16.2. The first-order valence-electron chi connectivity index (χ1n) is 6.89. The van der Waals surface area contributed by atoms with Crippen LogP contribution in [0.15, 0.2) is 42.5 Å². The predicted molar refractivity (Wildman–Crippen MR) is 92.6 cm³/mol. The number of nitrogens with one attached hydrogen (secondary N) is 2. The van der Waals surface area contributed by atoms with E-state index >= 15 is 0 Å². The molecule has 0 bridgehead atoms. The van der Waals surface area contributed by atoms with E-state index < -0.39 is 0 Å². The molecule has 5 nitrogen and oxygen atoms in total. The molecule has 0 saturated heterocycles. The Hall–Kier alpha value is -2.31. The molecule has 2 aromatic rings. The van der Waals surface area contributed by atoms with Crippen molar-refractivity contribution in [3.8, 4) is 11.5 Å². The van der Waals surface area contributed by atoms with E-state index in [2.05, 4.69) is 10.6 Å².